The summed E-state index contributed by atoms with van der Waals surface area (Å²) >= 11 is 0. The van der Waals surface area contributed by atoms with Crippen molar-refractivity contribution in [3.8, 4) is 0 Å². The van der Waals surface area contributed by atoms with Crippen molar-refractivity contribution in [1.29, 1.82) is 0 Å². The van der Waals surface area contributed by atoms with E-state index in [9.17, 15) is 0 Å². The van der Waals surface area contributed by atoms with E-state index in [-0.39, 0.29) is 11.0 Å². The van der Waals surface area contributed by atoms with Crippen LogP contribution in [0.15, 0.2) is 18.2 Å². The molecule has 102 valence electrons. The second-order valence-corrected chi connectivity index (χ2v) is 7.50. The lowest BCUT2D eigenvalue weighted by molar-refractivity contribution is 0.377. The Labute approximate surface area is 113 Å². The summed E-state index contributed by atoms with van der Waals surface area (Å²) in [6, 6.07) is 7.31. The fraction of sp³-hybridized carbons (Fsp3) is 0.647. The second kappa shape index (κ2) is 5.05. The molecule has 1 unspecified atom stereocenters. The Morgan fingerprint density at radius 2 is 1.50 bits per heavy atom. The van der Waals surface area contributed by atoms with Gasteiger partial charge in [-0.2, -0.15) is 0 Å². The van der Waals surface area contributed by atoms with Crippen LogP contribution in [0.1, 0.15) is 71.2 Å². The Morgan fingerprint density at radius 3 is 1.94 bits per heavy atom. The third-order valence-corrected chi connectivity index (χ3v) is 3.12. The molecule has 18 heavy (non-hydrogen) atoms. The Morgan fingerprint density at radius 1 is 0.944 bits per heavy atom. The summed E-state index contributed by atoms with van der Waals surface area (Å²) in [4.78, 5) is 0. The zero-order chi connectivity index (χ0) is 14.1. The van der Waals surface area contributed by atoms with Gasteiger partial charge in [-0.25, -0.2) is 0 Å². The lowest BCUT2D eigenvalue weighted by atomic mass is 9.84. The molecular formula is C17H29N. The fourth-order valence-corrected chi connectivity index (χ4v) is 2.23. The predicted octanol–water partition coefficient (Wildman–Crippen LogP) is 4.74. The Kier molecular flexibility index (Phi) is 4.27. The molecule has 0 bridgehead atoms. The minimum atomic E-state index is 0.144. The van der Waals surface area contributed by atoms with Crippen LogP contribution < -0.4 is 5.32 Å². The van der Waals surface area contributed by atoms with Crippen LogP contribution in [0.5, 0.6) is 0 Å². The molecule has 0 spiro atoms. The van der Waals surface area contributed by atoms with Gasteiger partial charge in [0.1, 0.15) is 0 Å². The Bertz CT molecular complexity index is 405. The first-order chi connectivity index (χ1) is 7.99. The van der Waals surface area contributed by atoms with Crippen LogP contribution in [-0.4, -0.2) is 5.54 Å². The van der Waals surface area contributed by atoms with Crippen molar-refractivity contribution in [3.05, 3.63) is 34.9 Å². The van der Waals surface area contributed by atoms with Gasteiger partial charge in [-0.3, -0.25) is 0 Å². The van der Waals surface area contributed by atoms with Gasteiger partial charge in [0.25, 0.3) is 0 Å². The highest BCUT2D eigenvalue weighted by Crippen LogP contribution is 2.27. The molecule has 0 heterocycles. The lowest BCUT2D eigenvalue weighted by Crippen LogP contribution is -2.37. The summed E-state index contributed by atoms with van der Waals surface area (Å²) in [5, 5.41) is 3.64. The maximum atomic E-state index is 3.64. The van der Waals surface area contributed by atoms with Gasteiger partial charge < -0.3 is 5.32 Å². The van der Waals surface area contributed by atoms with E-state index in [2.05, 4.69) is 78.9 Å². The van der Waals surface area contributed by atoms with E-state index in [1.807, 2.05) is 0 Å². The SMILES string of the molecule is Cc1cc(C(C)NC(C)(C)C)cc(C(C)(C)C)c1. The third-order valence-electron chi connectivity index (χ3n) is 3.12. The first-order valence-corrected chi connectivity index (χ1v) is 6.89. The molecular weight excluding hydrogens is 218 g/mol. The van der Waals surface area contributed by atoms with Crippen molar-refractivity contribution in [3.63, 3.8) is 0 Å². The van der Waals surface area contributed by atoms with Crippen molar-refractivity contribution in [2.45, 2.75) is 72.4 Å². The van der Waals surface area contributed by atoms with Crippen LogP contribution in [0, 0.1) is 6.92 Å². The lowest BCUT2D eigenvalue weighted by Gasteiger charge is -2.28. The van der Waals surface area contributed by atoms with Crippen LogP contribution in [0.2, 0.25) is 0 Å². The number of benzene rings is 1. The molecule has 0 saturated heterocycles. The van der Waals surface area contributed by atoms with Gasteiger partial charge in [0.15, 0.2) is 0 Å². The van der Waals surface area contributed by atoms with Gasteiger partial charge in [-0.05, 0) is 51.2 Å². The van der Waals surface area contributed by atoms with Crippen molar-refractivity contribution in [1.82, 2.24) is 5.32 Å². The highest BCUT2D eigenvalue weighted by Gasteiger charge is 2.19. The van der Waals surface area contributed by atoms with Gasteiger partial charge >= 0.3 is 0 Å². The zero-order valence-electron chi connectivity index (χ0n) is 13.3. The first-order valence-electron chi connectivity index (χ1n) is 6.89. The molecule has 1 atom stereocenters. The van der Waals surface area contributed by atoms with Crippen LogP contribution in [-0.2, 0) is 5.41 Å². The molecule has 1 aromatic carbocycles. The van der Waals surface area contributed by atoms with E-state index in [1.54, 1.807) is 0 Å². The molecule has 0 aliphatic carbocycles. The largest absolute Gasteiger partial charge is 0.306 e. The van der Waals surface area contributed by atoms with Crippen molar-refractivity contribution >= 4 is 0 Å². The molecule has 0 amide bonds. The quantitative estimate of drug-likeness (QED) is 0.796. The minimum Gasteiger partial charge on any atom is -0.306 e. The molecule has 1 N–H and O–H groups in total. The highest BCUT2D eigenvalue weighted by atomic mass is 15.0. The molecule has 0 aromatic heterocycles. The van der Waals surface area contributed by atoms with Crippen molar-refractivity contribution in [2.24, 2.45) is 0 Å². The average molecular weight is 247 g/mol. The molecule has 0 aliphatic heterocycles. The molecule has 1 heteroatoms. The van der Waals surface area contributed by atoms with E-state index >= 15 is 0 Å². The minimum absolute atomic E-state index is 0.144. The number of rotatable bonds is 2. The highest BCUT2D eigenvalue weighted by molar-refractivity contribution is 5.35. The molecule has 1 rings (SSSR count). The summed E-state index contributed by atoms with van der Waals surface area (Å²) in [6.45, 7) is 17.9. The maximum absolute atomic E-state index is 3.64. The molecule has 0 radical (unpaired) electrons. The second-order valence-electron chi connectivity index (χ2n) is 7.50. The zero-order valence-corrected chi connectivity index (χ0v) is 13.3. The standard InChI is InChI=1S/C17H29N/c1-12-9-14(13(2)18-17(6,7)8)11-15(10-12)16(3,4)5/h9-11,13,18H,1-8H3. The number of aryl methyl sites for hydroxylation is 1. The smallest absolute Gasteiger partial charge is 0.0296 e. The number of nitrogens with one attached hydrogen (secondary N) is 1. The molecule has 0 fully saturated rings. The van der Waals surface area contributed by atoms with Crippen LogP contribution in [0.25, 0.3) is 0 Å². The van der Waals surface area contributed by atoms with Gasteiger partial charge in [-0.15, -0.1) is 0 Å². The maximum Gasteiger partial charge on any atom is 0.0296 e. The van der Waals surface area contributed by atoms with Crippen LogP contribution in [0.4, 0.5) is 0 Å². The summed E-state index contributed by atoms with van der Waals surface area (Å²) in [5.41, 5.74) is 4.50. The monoisotopic (exact) mass is 247 g/mol. The first kappa shape index (κ1) is 15.2. The Balaban J connectivity index is 3.07. The molecule has 0 saturated carbocycles. The van der Waals surface area contributed by atoms with E-state index < -0.39 is 0 Å². The normalized spacial score (nSPS) is 14.7. The molecule has 1 aromatic rings. The van der Waals surface area contributed by atoms with E-state index in [0.717, 1.165) is 0 Å². The third kappa shape index (κ3) is 4.45. The Hall–Kier alpha value is -0.820. The summed E-state index contributed by atoms with van der Waals surface area (Å²) in [5.74, 6) is 0. The average Bonchev–Trinajstić information content (AvgIpc) is 2.12. The van der Waals surface area contributed by atoms with Crippen molar-refractivity contribution in [2.75, 3.05) is 0 Å². The van der Waals surface area contributed by atoms with Crippen LogP contribution >= 0.6 is 0 Å². The van der Waals surface area contributed by atoms with Crippen molar-refractivity contribution < 1.29 is 0 Å². The number of hydrogen-bond acceptors (Lipinski definition) is 1. The van der Waals surface area contributed by atoms with Gasteiger partial charge in [0.2, 0.25) is 0 Å². The van der Waals surface area contributed by atoms with Gasteiger partial charge in [-0.1, -0.05) is 44.5 Å². The summed E-state index contributed by atoms with van der Waals surface area (Å²) < 4.78 is 0. The van der Waals surface area contributed by atoms with E-state index in [4.69, 9.17) is 0 Å². The van der Waals surface area contributed by atoms with E-state index in [0.29, 0.717) is 6.04 Å². The number of hydrogen-bond donors (Lipinski definition) is 1. The molecule has 1 nitrogen and oxygen atoms in total. The van der Waals surface area contributed by atoms with E-state index in [1.165, 1.54) is 16.7 Å². The summed E-state index contributed by atoms with van der Waals surface area (Å²) in [7, 11) is 0. The van der Waals surface area contributed by atoms with Gasteiger partial charge in [0, 0.05) is 11.6 Å². The fourth-order valence-electron chi connectivity index (χ4n) is 2.23. The summed E-state index contributed by atoms with van der Waals surface area (Å²) in [6.07, 6.45) is 0. The topological polar surface area (TPSA) is 12.0 Å². The predicted molar refractivity (Wildman–Crippen MR) is 81.2 cm³/mol. The molecule has 0 aliphatic rings. The van der Waals surface area contributed by atoms with Gasteiger partial charge in [0.05, 0.1) is 0 Å². The van der Waals surface area contributed by atoms with Crippen LogP contribution in [0.3, 0.4) is 0 Å².